The fourth-order valence-electron chi connectivity index (χ4n) is 2.89. The molecule has 6 heteroatoms. The Morgan fingerprint density at radius 2 is 1.79 bits per heavy atom. The van der Waals surface area contributed by atoms with Gasteiger partial charge in [-0.15, -0.1) is 0 Å². The van der Waals surface area contributed by atoms with Gasteiger partial charge >= 0.3 is 5.97 Å². The first kappa shape index (κ1) is 19.6. The first-order valence-corrected chi connectivity index (χ1v) is 9.41. The van der Waals surface area contributed by atoms with Crippen LogP contribution in [-0.4, -0.2) is 30.7 Å². The van der Waals surface area contributed by atoms with Crippen molar-refractivity contribution < 1.29 is 14.3 Å². The Labute approximate surface area is 165 Å². The third kappa shape index (κ3) is 4.97. The van der Waals surface area contributed by atoms with Crippen molar-refractivity contribution in [3.05, 3.63) is 59.7 Å². The molecule has 0 bridgehead atoms. The van der Waals surface area contributed by atoms with E-state index in [1.165, 1.54) is 5.56 Å². The molecule has 0 aliphatic carbocycles. The van der Waals surface area contributed by atoms with Gasteiger partial charge in [0.15, 0.2) is 6.61 Å². The van der Waals surface area contributed by atoms with Crippen molar-refractivity contribution in [1.29, 1.82) is 0 Å². The molecule has 1 aliphatic rings. The minimum absolute atomic E-state index is 0.331. The summed E-state index contributed by atoms with van der Waals surface area (Å²) in [6, 6.07) is 14.7. The molecule has 2 aromatic carbocycles. The van der Waals surface area contributed by atoms with Gasteiger partial charge in [0, 0.05) is 24.4 Å². The number of hydrogen-bond acceptors (Lipinski definition) is 5. The quantitative estimate of drug-likeness (QED) is 0.764. The molecule has 146 valence electrons. The van der Waals surface area contributed by atoms with E-state index in [4.69, 9.17) is 4.74 Å². The molecule has 1 amide bonds. The minimum atomic E-state index is -0.530. The van der Waals surface area contributed by atoms with Crippen molar-refractivity contribution in [2.75, 3.05) is 23.5 Å². The number of benzene rings is 2. The van der Waals surface area contributed by atoms with Crippen LogP contribution in [0.3, 0.4) is 0 Å². The third-order valence-electron chi connectivity index (χ3n) is 4.57. The van der Waals surface area contributed by atoms with Crippen LogP contribution in [0.25, 0.3) is 0 Å². The molecule has 6 nitrogen and oxygen atoms in total. The van der Waals surface area contributed by atoms with Crippen molar-refractivity contribution in [1.82, 2.24) is 0 Å². The fraction of sp³-hybridized carbons (Fsp3) is 0.318. The van der Waals surface area contributed by atoms with E-state index in [0.717, 1.165) is 24.4 Å². The zero-order chi connectivity index (χ0) is 20.1. The Balaban J connectivity index is 1.50. The van der Waals surface area contributed by atoms with Gasteiger partial charge in [0.25, 0.3) is 5.91 Å². The molecule has 0 atom stereocenters. The zero-order valence-corrected chi connectivity index (χ0v) is 16.4. The summed E-state index contributed by atoms with van der Waals surface area (Å²) in [5, 5.41) is 9.06. The maximum absolute atomic E-state index is 12.2. The lowest BCUT2D eigenvalue weighted by Crippen LogP contribution is -2.21. The number of ether oxygens (including phenoxy) is 1. The number of rotatable bonds is 6. The molecule has 0 radical (unpaired) electrons. The highest BCUT2D eigenvalue weighted by molar-refractivity contribution is 5.95. The number of nitrogens with zero attached hydrogens (tertiary/aromatic N) is 2. The Hall–Kier alpha value is -3.15. The number of amides is 1. The van der Waals surface area contributed by atoms with Crippen LogP contribution in [0.1, 0.15) is 49.0 Å². The second-order valence-corrected chi connectivity index (χ2v) is 7.16. The fourth-order valence-corrected chi connectivity index (χ4v) is 2.89. The third-order valence-corrected chi connectivity index (χ3v) is 4.57. The lowest BCUT2D eigenvalue weighted by Gasteiger charge is -2.13. The molecular formula is C22H25N3O3. The van der Waals surface area contributed by atoms with E-state index in [1.807, 2.05) is 48.3 Å². The molecule has 0 fully saturated rings. The number of nitrogens with one attached hydrogen (secondary N) is 1. The maximum atomic E-state index is 12.2. The number of hydrazone groups is 1. The van der Waals surface area contributed by atoms with Crippen LogP contribution < -0.4 is 10.3 Å². The van der Waals surface area contributed by atoms with Crippen LogP contribution in [0.15, 0.2) is 53.6 Å². The standard InChI is InChI=1S/C22H25N3O3/c1-15(2)17-4-8-19(9-5-17)23-21(26)14-28-22(27)18-6-10-20(11-7-18)25-13-12-16(3)24-25/h4-11,15H,12-14H2,1-3H3,(H,23,26). The average molecular weight is 379 g/mol. The Kier molecular flexibility index (Phi) is 6.09. The number of carbonyl (C=O) groups is 2. The van der Waals surface area contributed by atoms with E-state index in [1.54, 1.807) is 12.1 Å². The summed E-state index contributed by atoms with van der Waals surface area (Å²) < 4.78 is 5.11. The molecule has 28 heavy (non-hydrogen) atoms. The molecule has 0 aromatic heterocycles. The van der Waals surface area contributed by atoms with E-state index in [0.29, 0.717) is 17.2 Å². The number of hydrogen-bond donors (Lipinski definition) is 1. The zero-order valence-electron chi connectivity index (χ0n) is 16.4. The van der Waals surface area contributed by atoms with Crippen LogP contribution in [0, 0.1) is 0 Å². The van der Waals surface area contributed by atoms with Crippen molar-refractivity contribution in [3.8, 4) is 0 Å². The summed E-state index contributed by atoms with van der Waals surface area (Å²) in [5.41, 5.74) is 4.29. The van der Waals surface area contributed by atoms with Gasteiger partial charge in [-0.3, -0.25) is 9.80 Å². The number of esters is 1. The van der Waals surface area contributed by atoms with Crippen LogP contribution in [0.5, 0.6) is 0 Å². The Morgan fingerprint density at radius 3 is 2.36 bits per heavy atom. The van der Waals surface area contributed by atoms with Gasteiger partial charge in [0.1, 0.15) is 0 Å². The predicted octanol–water partition coefficient (Wildman–Crippen LogP) is 4.19. The van der Waals surface area contributed by atoms with Gasteiger partial charge < -0.3 is 10.1 Å². The van der Waals surface area contributed by atoms with Gasteiger partial charge in [0.05, 0.1) is 11.3 Å². The van der Waals surface area contributed by atoms with E-state index in [-0.39, 0.29) is 12.5 Å². The summed E-state index contributed by atoms with van der Waals surface area (Å²) in [7, 11) is 0. The van der Waals surface area contributed by atoms with Crippen molar-refractivity contribution in [2.45, 2.75) is 33.1 Å². The van der Waals surface area contributed by atoms with Crippen molar-refractivity contribution >= 4 is 29.0 Å². The summed E-state index contributed by atoms with van der Waals surface area (Å²) in [4.78, 5) is 24.2. The first-order valence-electron chi connectivity index (χ1n) is 9.41. The highest BCUT2D eigenvalue weighted by Gasteiger charge is 2.15. The highest BCUT2D eigenvalue weighted by Crippen LogP contribution is 2.20. The summed E-state index contributed by atoms with van der Waals surface area (Å²) in [5.74, 6) is -0.472. The Morgan fingerprint density at radius 1 is 1.11 bits per heavy atom. The molecule has 2 aromatic rings. The van der Waals surface area contributed by atoms with Crippen LogP contribution >= 0.6 is 0 Å². The second-order valence-electron chi connectivity index (χ2n) is 7.16. The van der Waals surface area contributed by atoms with Gasteiger partial charge in [-0.25, -0.2) is 4.79 Å². The van der Waals surface area contributed by atoms with Crippen molar-refractivity contribution in [2.24, 2.45) is 5.10 Å². The molecule has 3 rings (SSSR count). The van der Waals surface area contributed by atoms with E-state index >= 15 is 0 Å². The summed E-state index contributed by atoms with van der Waals surface area (Å²) >= 11 is 0. The van der Waals surface area contributed by atoms with Gasteiger partial charge in [0.2, 0.25) is 0 Å². The largest absolute Gasteiger partial charge is 0.452 e. The van der Waals surface area contributed by atoms with Gasteiger partial charge in [-0.05, 0) is 54.8 Å². The number of carbonyl (C=O) groups excluding carboxylic acids is 2. The normalized spacial score (nSPS) is 13.4. The highest BCUT2D eigenvalue weighted by atomic mass is 16.5. The lowest BCUT2D eigenvalue weighted by atomic mass is 10.0. The molecule has 0 saturated carbocycles. The predicted molar refractivity (Wildman–Crippen MR) is 111 cm³/mol. The lowest BCUT2D eigenvalue weighted by molar-refractivity contribution is -0.119. The van der Waals surface area contributed by atoms with Crippen molar-refractivity contribution in [3.63, 3.8) is 0 Å². The van der Waals surface area contributed by atoms with Crippen LogP contribution in [0.4, 0.5) is 11.4 Å². The van der Waals surface area contributed by atoms with Gasteiger partial charge in [-0.1, -0.05) is 26.0 Å². The first-order chi connectivity index (χ1) is 13.4. The maximum Gasteiger partial charge on any atom is 0.338 e. The average Bonchev–Trinajstić information content (AvgIpc) is 3.13. The van der Waals surface area contributed by atoms with E-state index < -0.39 is 5.97 Å². The molecular weight excluding hydrogens is 354 g/mol. The Bertz CT molecular complexity index is 871. The van der Waals surface area contributed by atoms with E-state index in [9.17, 15) is 9.59 Å². The van der Waals surface area contributed by atoms with Gasteiger partial charge in [-0.2, -0.15) is 5.10 Å². The SMILES string of the molecule is CC1=NN(c2ccc(C(=O)OCC(=O)Nc3ccc(C(C)C)cc3)cc2)CC1. The number of anilines is 2. The smallest absolute Gasteiger partial charge is 0.338 e. The molecule has 0 unspecified atom stereocenters. The summed E-state index contributed by atoms with van der Waals surface area (Å²) in [6.45, 7) is 6.73. The van der Waals surface area contributed by atoms with E-state index in [2.05, 4.69) is 24.3 Å². The van der Waals surface area contributed by atoms with Crippen LogP contribution in [0.2, 0.25) is 0 Å². The van der Waals surface area contributed by atoms with Crippen LogP contribution in [-0.2, 0) is 9.53 Å². The monoisotopic (exact) mass is 379 g/mol. The molecule has 1 N–H and O–H groups in total. The minimum Gasteiger partial charge on any atom is -0.452 e. The molecule has 0 saturated heterocycles. The molecule has 0 spiro atoms. The molecule has 1 heterocycles. The topological polar surface area (TPSA) is 71.0 Å². The molecule has 1 aliphatic heterocycles. The summed E-state index contributed by atoms with van der Waals surface area (Å²) in [6.07, 6.45) is 0.944. The second kappa shape index (κ2) is 8.69.